The van der Waals surface area contributed by atoms with Crippen LogP contribution in [0.25, 0.3) is 11.3 Å². The van der Waals surface area contributed by atoms with Crippen LogP contribution in [-0.2, 0) is 18.3 Å². The van der Waals surface area contributed by atoms with Gasteiger partial charge < -0.3 is 10.1 Å². The minimum absolute atomic E-state index is 0.306. The van der Waals surface area contributed by atoms with E-state index in [1.165, 1.54) is 0 Å². The molecule has 1 N–H and O–H groups in total. The lowest BCUT2D eigenvalue weighted by Crippen LogP contribution is -2.37. The van der Waals surface area contributed by atoms with Crippen molar-refractivity contribution in [3.8, 4) is 11.3 Å². The number of aromatic nitrogens is 2. The molecule has 0 saturated heterocycles. The van der Waals surface area contributed by atoms with Crippen LogP contribution in [0.5, 0.6) is 0 Å². The van der Waals surface area contributed by atoms with Crippen LogP contribution in [0.2, 0.25) is 0 Å². The van der Waals surface area contributed by atoms with Gasteiger partial charge in [-0.3, -0.25) is 9.48 Å². The molecule has 3 aromatic rings. The largest absolute Gasteiger partial charge is 0.342 e. The normalized spacial score (nSPS) is 11.7. The van der Waals surface area contributed by atoms with Crippen molar-refractivity contribution in [3.63, 3.8) is 0 Å². The minimum Gasteiger partial charge on any atom is -0.342 e. The van der Waals surface area contributed by atoms with E-state index in [-0.39, 0.29) is 5.91 Å². The molecule has 1 aromatic heterocycles. The van der Waals surface area contributed by atoms with Crippen molar-refractivity contribution in [3.05, 3.63) is 78.0 Å². The topological polar surface area (TPSA) is 64.0 Å². The minimum atomic E-state index is -0.585. The SMILES string of the molecule is Cn1cc(C(=O)NC(C=O)Cc2ccccc2)c(-c2ccccc2)n1. The van der Waals surface area contributed by atoms with Gasteiger partial charge in [-0.2, -0.15) is 5.10 Å². The van der Waals surface area contributed by atoms with E-state index in [1.54, 1.807) is 17.9 Å². The Morgan fingerprint density at radius 1 is 1.12 bits per heavy atom. The summed E-state index contributed by atoms with van der Waals surface area (Å²) in [5.74, 6) is -0.306. The summed E-state index contributed by atoms with van der Waals surface area (Å²) in [5, 5.41) is 7.18. The molecular formula is C20H19N3O2. The van der Waals surface area contributed by atoms with Gasteiger partial charge in [-0.05, 0) is 12.0 Å². The molecule has 1 unspecified atom stereocenters. The van der Waals surface area contributed by atoms with Gasteiger partial charge >= 0.3 is 0 Å². The van der Waals surface area contributed by atoms with Crippen LogP contribution in [0.15, 0.2) is 66.9 Å². The van der Waals surface area contributed by atoms with Crippen molar-refractivity contribution in [2.24, 2.45) is 7.05 Å². The van der Waals surface area contributed by atoms with Crippen molar-refractivity contribution in [1.29, 1.82) is 0 Å². The third-order valence-electron chi connectivity index (χ3n) is 3.90. The maximum absolute atomic E-state index is 12.7. The first-order valence-corrected chi connectivity index (χ1v) is 8.06. The van der Waals surface area contributed by atoms with Crippen LogP contribution in [0.3, 0.4) is 0 Å². The Labute approximate surface area is 146 Å². The molecule has 0 bridgehead atoms. The summed E-state index contributed by atoms with van der Waals surface area (Å²) < 4.78 is 1.60. The lowest BCUT2D eigenvalue weighted by Gasteiger charge is -2.13. The number of aryl methyl sites for hydroxylation is 1. The van der Waals surface area contributed by atoms with Crippen molar-refractivity contribution < 1.29 is 9.59 Å². The van der Waals surface area contributed by atoms with Crippen LogP contribution in [0, 0.1) is 0 Å². The van der Waals surface area contributed by atoms with Gasteiger partial charge in [0.15, 0.2) is 0 Å². The van der Waals surface area contributed by atoms with E-state index in [2.05, 4.69) is 10.4 Å². The first kappa shape index (κ1) is 16.6. The Morgan fingerprint density at radius 3 is 2.40 bits per heavy atom. The van der Waals surface area contributed by atoms with Crippen LogP contribution >= 0.6 is 0 Å². The highest BCUT2D eigenvalue weighted by molar-refractivity contribution is 6.00. The highest BCUT2D eigenvalue weighted by Crippen LogP contribution is 2.21. The second kappa shape index (κ2) is 7.57. The van der Waals surface area contributed by atoms with Crippen molar-refractivity contribution in [2.45, 2.75) is 12.5 Å². The van der Waals surface area contributed by atoms with E-state index in [0.29, 0.717) is 17.7 Å². The smallest absolute Gasteiger partial charge is 0.255 e. The lowest BCUT2D eigenvalue weighted by atomic mass is 10.1. The molecular weight excluding hydrogens is 314 g/mol. The number of rotatable bonds is 6. The van der Waals surface area contributed by atoms with Crippen molar-refractivity contribution in [1.82, 2.24) is 15.1 Å². The number of benzene rings is 2. The third-order valence-corrected chi connectivity index (χ3v) is 3.90. The molecule has 3 rings (SSSR count). The highest BCUT2D eigenvalue weighted by atomic mass is 16.2. The summed E-state index contributed by atoms with van der Waals surface area (Å²) in [7, 11) is 1.77. The van der Waals surface area contributed by atoms with E-state index in [1.807, 2.05) is 60.7 Å². The van der Waals surface area contributed by atoms with E-state index in [9.17, 15) is 9.59 Å². The number of carbonyl (C=O) groups is 2. The predicted molar refractivity (Wildman–Crippen MR) is 96.1 cm³/mol. The van der Waals surface area contributed by atoms with Gasteiger partial charge in [-0.25, -0.2) is 0 Å². The van der Waals surface area contributed by atoms with Gasteiger partial charge in [0.25, 0.3) is 5.91 Å². The predicted octanol–water partition coefficient (Wildman–Crippen LogP) is 2.63. The van der Waals surface area contributed by atoms with E-state index >= 15 is 0 Å². The number of aldehydes is 1. The summed E-state index contributed by atoms with van der Waals surface area (Å²) in [6, 6.07) is 18.5. The standard InChI is InChI=1S/C20H19N3O2/c1-23-13-18(19(22-23)16-10-6-3-7-11-16)20(25)21-17(14-24)12-15-8-4-2-5-9-15/h2-11,13-14,17H,12H2,1H3,(H,21,25). The maximum Gasteiger partial charge on any atom is 0.255 e. The summed E-state index contributed by atoms with van der Waals surface area (Å²) in [6.07, 6.45) is 2.89. The average molecular weight is 333 g/mol. The monoisotopic (exact) mass is 333 g/mol. The van der Waals surface area contributed by atoms with Crippen LogP contribution < -0.4 is 5.32 Å². The Kier molecular flexibility index (Phi) is 5.04. The number of nitrogens with zero attached hydrogens (tertiary/aromatic N) is 2. The fourth-order valence-electron chi connectivity index (χ4n) is 2.71. The van der Waals surface area contributed by atoms with Gasteiger partial charge in [0.05, 0.1) is 11.6 Å². The fourth-order valence-corrected chi connectivity index (χ4v) is 2.71. The Morgan fingerprint density at radius 2 is 1.76 bits per heavy atom. The summed E-state index contributed by atoms with van der Waals surface area (Å²) >= 11 is 0. The van der Waals surface area contributed by atoms with Crippen molar-refractivity contribution in [2.75, 3.05) is 0 Å². The highest BCUT2D eigenvalue weighted by Gasteiger charge is 2.20. The molecule has 126 valence electrons. The van der Waals surface area contributed by atoms with Gasteiger partial charge in [0.1, 0.15) is 12.0 Å². The molecule has 25 heavy (non-hydrogen) atoms. The third kappa shape index (κ3) is 4.01. The quantitative estimate of drug-likeness (QED) is 0.705. The molecule has 0 spiro atoms. The van der Waals surface area contributed by atoms with Gasteiger partial charge in [-0.15, -0.1) is 0 Å². The number of nitrogens with one attached hydrogen (secondary N) is 1. The average Bonchev–Trinajstić information content (AvgIpc) is 3.04. The van der Waals surface area contributed by atoms with Crippen LogP contribution in [0.1, 0.15) is 15.9 Å². The second-order valence-electron chi connectivity index (χ2n) is 5.84. The van der Waals surface area contributed by atoms with Crippen LogP contribution in [-0.4, -0.2) is 28.0 Å². The lowest BCUT2D eigenvalue weighted by molar-refractivity contribution is -0.109. The first-order valence-electron chi connectivity index (χ1n) is 8.06. The molecule has 0 aliphatic carbocycles. The maximum atomic E-state index is 12.7. The van der Waals surface area contributed by atoms with Gasteiger partial charge in [0, 0.05) is 18.8 Å². The zero-order valence-corrected chi connectivity index (χ0v) is 13.9. The molecule has 0 radical (unpaired) electrons. The van der Waals surface area contributed by atoms with Crippen LogP contribution in [0.4, 0.5) is 0 Å². The number of amides is 1. The van der Waals surface area contributed by atoms with E-state index in [4.69, 9.17) is 0 Å². The number of hydrogen-bond donors (Lipinski definition) is 1. The molecule has 1 heterocycles. The van der Waals surface area contributed by atoms with Gasteiger partial charge in [-0.1, -0.05) is 60.7 Å². The fraction of sp³-hybridized carbons (Fsp3) is 0.150. The first-order chi connectivity index (χ1) is 12.2. The molecule has 1 atom stereocenters. The Bertz CT molecular complexity index is 857. The number of carbonyl (C=O) groups excluding carboxylic acids is 2. The molecule has 5 nitrogen and oxygen atoms in total. The van der Waals surface area contributed by atoms with Gasteiger partial charge in [0.2, 0.25) is 0 Å². The Balaban J connectivity index is 1.80. The molecule has 0 fully saturated rings. The van der Waals surface area contributed by atoms with Crippen molar-refractivity contribution >= 4 is 12.2 Å². The summed E-state index contributed by atoms with van der Waals surface area (Å²) in [6.45, 7) is 0. The molecule has 2 aromatic carbocycles. The Hall–Kier alpha value is -3.21. The summed E-state index contributed by atoms with van der Waals surface area (Å²) in [4.78, 5) is 24.1. The molecule has 0 saturated carbocycles. The zero-order valence-electron chi connectivity index (χ0n) is 13.9. The van der Waals surface area contributed by atoms with E-state index < -0.39 is 6.04 Å². The van der Waals surface area contributed by atoms with E-state index in [0.717, 1.165) is 17.4 Å². The summed E-state index contributed by atoms with van der Waals surface area (Å²) in [5.41, 5.74) is 2.91. The molecule has 5 heteroatoms. The second-order valence-corrected chi connectivity index (χ2v) is 5.84. The molecule has 0 aliphatic rings. The zero-order chi connectivity index (χ0) is 17.6. The number of hydrogen-bond acceptors (Lipinski definition) is 3. The molecule has 1 amide bonds. The molecule has 0 aliphatic heterocycles.